The second-order valence-electron chi connectivity index (χ2n) is 4.85. The molecule has 0 saturated heterocycles. The molecule has 0 aliphatic heterocycles. The van der Waals surface area contributed by atoms with Gasteiger partial charge < -0.3 is 10.4 Å². The fourth-order valence-corrected chi connectivity index (χ4v) is 1.79. The molecule has 0 bridgehead atoms. The minimum Gasteiger partial charge on any atom is -0.481 e. The standard InChI is InChI=1S/C13H18BrNO2/c1-9(10-5-4-6-11(14)7-10)15-8-13(2,3)12(16)17/h4-7,9,15H,8H2,1-3H3,(H,16,17)/t9-/m0/s1. The third-order valence-electron chi connectivity index (χ3n) is 2.78. The Morgan fingerprint density at radius 1 is 1.53 bits per heavy atom. The summed E-state index contributed by atoms with van der Waals surface area (Å²) in [5.41, 5.74) is 0.390. The van der Waals surface area contributed by atoms with E-state index in [4.69, 9.17) is 5.11 Å². The zero-order chi connectivity index (χ0) is 13.1. The minimum absolute atomic E-state index is 0.131. The average molecular weight is 300 g/mol. The van der Waals surface area contributed by atoms with Gasteiger partial charge in [0.25, 0.3) is 0 Å². The molecular weight excluding hydrogens is 282 g/mol. The number of carboxylic acid groups (broad SMARTS) is 1. The highest BCUT2D eigenvalue weighted by Gasteiger charge is 2.27. The Balaban J connectivity index is 2.62. The lowest BCUT2D eigenvalue weighted by Gasteiger charge is -2.23. The van der Waals surface area contributed by atoms with Crippen LogP contribution in [0.5, 0.6) is 0 Å². The number of aliphatic carboxylic acids is 1. The second-order valence-corrected chi connectivity index (χ2v) is 5.76. The third-order valence-corrected chi connectivity index (χ3v) is 3.27. The zero-order valence-corrected chi connectivity index (χ0v) is 11.9. The van der Waals surface area contributed by atoms with E-state index in [9.17, 15) is 4.79 Å². The molecule has 0 aliphatic rings. The zero-order valence-electron chi connectivity index (χ0n) is 10.3. The molecule has 0 fully saturated rings. The summed E-state index contributed by atoms with van der Waals surface area (Å²) in [5.74, 6) is -0.786. The molecule has 0 aliphatic carbocycles. The van der Waals surface area contributed by atoms with Gasteiger partial charge in [-0.3, -0.25) is 4.79 Å². The SMILES string of the molecule is C[C@H](NCC(C)(C)C(=O)O)c1cccc(Br)c1. The topological polar surface area (TPSA) is 49.3 Å². The second kappa shape index (κ2) is 5.65. The minimum atomic E-state index is -0.786. The van der Waals surface area contributed by atoms with Crippen LogP contribution in [0.4, 0.5) is 0 Å². The summed E-state index contributed by atoms with van der Waals surface area (Å²) >= 11 is 3.42. The first kappa shape index (κ1) is 14.2. The summed E-state index contributed by atoms with van der Waals surface area (Å²) in [6, 6.07) is 8.13. The number of carbonyl (C=O) groups is 1. The van der Waals surface area contributed by atoms with Crippen LogP contribution in [0.3, 0.4) is 0 Å². The number of nitrogens with one attached hydrogen (secondary N) is 1. The quantitative estimate of drug-likeness (QED) is 0.878. The molecule has 0 spiro atoms. The van der Waals surface area contributed by atoms with E-state index in [0.717, 1.165) is 10.0 Å². The lowest BCUT2D eigenvalue weighted by atomic mass is 9.93. The van der Waals surface area contributed by atoms with Crippen LogP contribution in [0, 0.1) is 5.41 Å². The van der Waals surface area contributed by atoms with E-state index in [1.165, 1.54) is 0 Å². The largest absolute Gasteiger partial charge is 0.481 e. The van der Waals surface area contributed by atoms with Gasteiger partial charge in [0.05, 0.1) is 5.41 Å². The van der Waals surface area contributed by atoms with Gasteiger partial charge in [0.2, 0.25) is 0 Å². The van der Waals surface area contributed by atoms with Crippen molar-refractivity contribution >= 4 is 21.9 Å². The van der Waals surface area contributed by atoms with E-state index in [-0.39, 0.29) is 6.04 Å². The number of rotatable bonds is 5. The maximum absolute atomic E-state index is 11.0. The molecule has 1 rings (SSSR count). The van der Waals surface area contributed by atoms with E-state index < -0.39 is 11.4 Å². The number of halogens is 1. The molecule has 0 radical (unpaired) electrons. The number of hydrogen-bond acceptors (Lipinski definition) is 2. The summed E-state index contributed by atoms with van der Waals surface area (Å²) in [7, 11) is 0. The highest BCUT2D eigenvalue weighted by molar-refractivity contribution is 9.10. The maximum atomic E-state index is 11.0. The van der Waals surface area contributed by atoms with Crippen LogP contribution in [0.2, 0.25) is 0 Å². The van der Waals surface area contributed by atoms with Crippen molar-refractivity contribution in [1.29, 1.82) is 0 Å². The summed E-state index contributed by atoms with van der Waals surface area (Å²) in [6.07, 6.45) is 0. The predicted octanol–water partition coefficient (Wildman–Crippen LogP) is 3.21. The lowest BCUT2D eigenvalue weighted by Crippen LogP contribution is -2.37. The molecule has 4 heteroatoms. The Kier molecular flexibility index (Phi) is 4.71. The molecule has 0 aromatic heterocycles. The first-order valence-corrected chi connectivity index (χ1v) is 6.34. The van der Waals surface area contributed by atoms with Gasteiger partial charge in [-0.1, -0.05) is 28.1 Å². The van der Waals surface area contributed by atoms with Gasteiger partial charge in [0, 0.05) is 17.1 Å². The van der Waals surface area contributed by atoms with Crippen LogP contribution in [-0.4, -0.2) is 17.6 Å². The van der Waals surface area contributed by atoms with Crippen molar-refractivity contribution < 1.29 is 9.90 Å². The van der Waals surface area contributed by atoms with Gasteiger partial charge in [-0.25, -0.2) is 0 Å². The molecular formula is C13H18BrNO2. The molecule has 1 aromatic carbocycles. The van der Waals surface area contributed by atoms with E-state index in [2.05, 4.69) is 21.2 Å². The molecule has 1 atom stereocenters. The smallest absolute Gasteiger partial charge is 0.310 e. The first-order valence-electron chi connectivity index (χ1n) is 5.55. The van der Waals surface area contributed by atoms with Crippen molar-refractivity contribution in [2.24, 2.45) is 5.41 Å². The van der Waals surface area contributed by atoms with E-state index >= 15 is 0 Å². The van der Waals surface area contributed by atoms with E-state index in [1.54, 1.807) is 13.8 Å². The summed E-state index contributed by atoms with van der Waals surface area (Å²) < 4.78 is 1.03. The average Bonchev–Trinajstić information content (AvgIpc) is 2.25. The van der Waals surface area contributed by atoms with Gasteiger partial charge in [0.1, 0.15) is 0 Å². The predicted molar refractivity (Wildman–Crippen MR) is 72.0 cm³/mol. The first-order chi connectivity index (χ1) is 7.83. The molecule has 1 aromatic rings. The third kappa shape index (κ3) is 4.13. The van der Waals surface area contributed by atoms with Crippen LogP contribution >= 0.6 is 15.9 Å². The highest BCUT2D eigenvalue weighted by atomic mass is 79.9. The lowest BCUT2D eigenvalue weighted by molar-refractivity contribution is -0.146. The number of carboxylic acids is 1. The Morgan fingerprint density at radius 3 is 2.71 bits per heavy atom. The van der Waals surface area contributed by atoms with Crippen molar-refractivity contribution in [3.8, 4) is 0 Å². The van der Waals surface area contributed by atoms with Crippen LogP contribution < -0.4 is 5.32 Å². The van der Waals surface area contributed by atoms with Crippen molar-refractivity contribution in [3.63, 3.8) is 0 Å². The van der Waals surface area contributed by atoms with Gasteiger partial charge in [-0.15, -0.1) is 0 Å². The Labute approximate surface area is 110 Å². The van der Waals surface area contributed by atoms with Crippen LogP contribution in [0.15, 0.2) is 28.7 Å². The number of hydrogen-bond donors (Lipinski definition) is 2. The van der Waals surface area contributed by atoms with Crippen LogP contribution in [-0.2, 0) is 4.79 Å². The molecule has 94 valence electrons. The van der Waals surface area contributed by atoms with Crippen molar-refractivity contribution in [2.75, 3.05) is 6.54 Å². The van der Waals surface area contributed by atoms with Gasteiger partial charge in [0.15, 0.2) is 0 Å². The van der Waals surface area contributed by atoms with Gasteiger partial charge in [-0.05, 0) is 38.5 Å². The molecule has 3 nitrogen and oxygen atoms in total. The van der Waals surface area contributed by atoms with Crippen molar-refractivity contribution in [2.45, 2.75) is 26.8 Å². The summed E-state index contributed by atoms with van der Waals surface area (Å²) in [5, 5.41) is 12.3. The van der Waals surface area contributed by atoms with E-state index in [1.807, 2.05) is 31.2 Å². The Bertz CT molecular complexity index is 404. The Morgan fingerprint density at radius 2 is 2.18 bits per heavy atom. The van der Waals surface area contributed by atoms with E-state index in [0.29, 0.717) is 6.54 Å². The maximum Gasteiger partial charge on any atom is 0.310 e. The van der Waals surface area contributed by atoms with Crippen molar-refractivity contribution in [1.82, 2.24) is 5.32 Å². The molecule has 0 unspecified atom stereocenters. The number of benzene rings is 1. The summed E-state index contributed by atoms with van der Waals surface area (Å²) in [6.45, 7) is 5.90. The highest BCUT2D eigenvalue weighted by Crippen LogP contribution is 2.20. The van der Waals surface area contributed by atoms with Gasteiger partial charge >= 0.3 is 5.97 Å². The Hall–Kier alpha value is -0.870. The normalized spacial score (nSPS) is 13.4. The molecule has 0 amide bonds. The van der Waals surface area contributed by atoms with Crippen LogP contribution in [0.1, 0.15) is 32.4 Å². The molecule has 0 saturated carbocycles. The van der Waals surface area contributed by atoms with Crippen molar-refractivity contribution in [3.05, 3.63) is 34.3 Å². The fourth-order valence-electron chi connectivity index (χ4n) is 1.38. The monoisotopic (exact) mass is 299 g/mol. The molecule has 17 heavy (non-hydrogen) atoms. The fraction of sp³-hybridized carbons (Fsp3) is 0.462. The summed E-state index contributed by atoms with van der Waals surface area (Å²) in [4.78, 5) is 11.0. The molecule has 0 heterocycles. The molecule has 2 N–H and O–H groups in total. The van der Waals surface area contributed by atoms with Gasteiger partial charge in [-0.2, -0.15) is 0 Å². The van der Waals surface area contributed by atoms with Crippen LogP contribution in [0.25, 0.3) is 0 Å².